The van der Waals surface area contributed by atoms with Crippen molar-refractivity contribution in [1.82, 2.24) is 5.32 Å². The highest BCUT2D eigenvalue weighted by Gasteiger charge is 2.35. The molecule has 1 saturated carbocycles. The Hall–Kier alpha value is -1.16. The molecule has 1 aliphatic carbocycles. The van der Waals surface area contributed by atoms with Gasteiger partial charge in [0, 0.05) is 30.4 Å². The number of hydrogen-bond donors (Lipinski definition) is 1. The van der Waals surface area contributed by atoms with E-state index in [9.17, 15) is 8.78 Å². The van der Waals surface area contributed by atoms with Gasteiger partial charge in [0.1, 0.15) is 0 Å². The van der Waals surface area contributed by atoms with Gasteiger partial charge in [-0.05, 0) is 37.9 Å². The van der Waals surface area contributed by atoms with Crippen molar-refractivity contribution in [2.24, 2.45) is 0 Å². The topological polar surface area (TPSA) is 15.3 Å². The summed E-state index contributed by atoms with van der Waals surface area (Å²) >= 11 is 0. The molecule has 0 radical (unpaired) electrons. The first kappa shape index (κ1) is 13.8. The van der Waals surface area contributed by atoms with E-state index in [0.29, 0.717) is 0 Å². The van der Waals surface area contributed by atoms with Gasteiger partial charge in [-0.15, -0.1) is 0 Å². The number of nitrogens with zero attached hydrogens (tertiary/aromatic N) is 1. The van der Waals surface area contributed by atoms with Crippen LogP contribution in [0.2, 0.25) is 0 Å². The lowest BCUT2D eigenvalue weighted by molar-refractivity contribution is 0.246. The molecule has 1 heterocycles. The number of hydrogen-bond acceptors (Lipinski definition) is 2. The van der Waals surface area contributed by atoms with Gasteiger partial charge in [0.15, 0.2) is 11.6 Å². The Balaban J connectivity index is 1.82. The molecule has 1 N–H and O–H groups in total. The van der Waals surface area contributed by atoms with Crippen LogP contribution in [0.3, 0.4) is 0 Å². The highest BCUT2D eigenvalue weighted by Crippen LogP contribution is 2.32. The van der Waals surface area contributed by atoms with E-state index < -0.39 is 11.6 Å². The Bertz CT molecular complexity index is 470. The number of nitrogens with one attached hydrogen (secondary N) is 1. The fourth-order valence-corrected chi connectivity index (χ4v) is 3.59. The maximum atomic E-state index is 13.5. The summed E-state index contributed by atoms with van der Waals surface area (Å²) < 4.78 is 26.5. The molecule has 0 atom stereocenters. The SMILES string of the molecule is Fc1ccc(N2CCCNC3(CCCCC3)C2)cc1F. The molecule has 1 aliphatic heterocycles. The van der Waals surface area contributed by atoms with Crippen LogP contribution < -0.4 is 10.2 Å². The van der Waals surface area contributed by atoms with Gasteiger partial charge in [-0.3, -0.25) is 0 Å². The Labute approximate surface area is 119 Å². The van der Waals surface area contributed by atoms with Crippen molar-refractivity contribution in [3.05, 3.63) is 29.8 Å². The lowest BCUT2D eigenvalue weighted by Crippen LogP contribution is -2.52. The van der Waals surface area contributed by atoms with Gasteiger partial charge < -0.3 is 10.2 Å². The van der Waals surface area contributed by atoms with E-state index in [2.05, 4.69) is 10.2 Å². The number of rotatable bonds is 1. The summed E-state index contributed by atoms with van der Waals surface area (Å²) in [5.41, 5.74) is 0.970. The van der Waals surface area contributed by atoms with E-state index in [1.165, 1.54) is 44.2 Å². The molecule has 0 aromatic heterocycles. The van der Waals surface area contributed by atoms with Gasteiger partial charge in [0.25, 0.3) is 0 Å². The Morgan fingerprint density at radius 1 is 1.00 bits per heavy atom. The van der Waals surface area contributed by atoms with E-state index >= 15 is 0 Å². The predicted molar refractivity (Wildman–Crippen MR) is 77.0 cm³/mol. The number of benzene rings is 1. The molecule has 1 saturated heterocycles. The quantitative estimate of drug-likeness (QED) is 0.847. The van der Waals surface area contributed by atoms with Gasteiger partial charge in [-0.25, -0.2) is 8.78 Å². The van der Waals surface area contributed by atoms with E-state index in [-0.39, 0.29) is 5.54 Å². The summed E-state index contributed by atoms with van der Waals surface area (Å²) in [7, 11) is 0. The van der Waals surface area contributed by atoms with Crippen LogP contribution in [0.1, 0.15) is 38.5 Å². The molecule has 1 aromatic carbocycles. The standard InChI is InChI=1S/C16H22F2N2/c17-14-6-5-13(11-15(14)18)20-10-4-9-19-16(12-20)7-2-1-3-8-16/h5-6,11,19H,1-4,7-10,12H2. The first-order chi connectivity index (χ1) is 9.69. The monoisotopic (exact) mass is 280 g/mol. The maximum absolute atomic E-state index is 13.5. The van der Waals surface area contributed by atoms with Crippen LogP contribution in [-0.2, 0) is 0 Å². The second kappa shape index (κ2) is 5.68. The van der Waals surface area contributed by atoms with Crippen molar-refractivity contribution in [3.8, 4) is 0 Å². The third kappa shape index (κ3) is 2.80. The Morgan fingerprint density at radius 3 is 2.55 bits per heavy atom. The van der Waals surface area contributed by atoms with Gasteiger partial charge in [0.2, 0.25) is 0 Å². The van der Waals surface area contributed by atoms with Crippen molar-refractivity contribution in [1.29, 1.82) is 0 Å². The van der Waals surface area contributed by atoms with Crippen LogP contribution in [0.4, 0.5) is 14.5 Å². The zero-order chi connectivity index (χ0) is 14.0. The summed E-state index contributed by atoms with van der Waals surface area (Å²) in [6.45, 7) is 2.82. The summed E-state index contributed by atoms with van der Waals surface area (Å²) in [6, 6.07) is 4.26. The van der Waals surface area contributed by atoms with E-state index in [1.807, 2.05) is 0 Å². The minimum absolute atomic E-state index is 0.166. The smallest absolute Gasteiger partial charge is 0.160 e. The van der Waals surface area contributed by atoms with Crippen LogP contribution in [-0.4, -0.2) is 25.2 Å². The molecule has 4 heteroatoms. The van der Waals surface area contributed by atoms with Crippen LogP contribution >= 0.6 is 0 Å². The lowest BCUT2D eigenvalue weighted by atomic mass is 9.81. The molecular formula is C16H22F2N2. The normalized spacial score (nSPS) is 22.8. The van der Waals surface area contributed by atoms with Crippen LogP contribution in [0.25, 0.3) is 0 Å². The van der Waals surface area contributed by atoms with Gasteiger partial charge in [-0.2, -0.15) is 0 Å². The van der Waals surface area contributed by atoms with Crippen molar-refractivity contribution in [2.75, 3.05) is 24.5 Å². The van der Waals surface area contributed by atoms with Crippen LogP contribution in [0, 0.1) is 11.6 Å². The molecule has 0 amide bonds. The molecule has 1 spiro atoms. The Kier molecular flexibility index (Phi) is 3.92. The predicted octanol–water partition coefficient (Wildman–Crippen LogP) is 3.47. The average Bonchev–Trinajstić information content (AvgIpc) is 2.66. The molecule has 0 bridgehead atoms. The molecule has 0 unspecified atom stereocenters. The van der Waals surface area contributed by atoms with Gasteiger partial charge in [0.05, 0.1) is 0 Å². The van der Waals surface area contributed by atoms with E-state index in [4.69, 9.17) is 0 Å². The fraction of sp³-hybridized carbons (Fsp3) is 0.625. The van der Waals surface area contributed by atoms with Gasteiger partial charge >= 0.3 is 0 Å². The van der Waals surface area contributed by atoms with Crippen LogP contribution in [0.5, 0.6) is 0 Å². The van der Waals surface area contributed by atoms with Crippen molar-refractivity contribution in [2.45, 2.75) is 44.1 Å². The van der Waals surface area contributed by atoms with Crippen molar-refractivity contribution < 1.29 is 8.78 Å². The number of anilines is 1. The first-order valence-corrected chi connectivity index (χ1v) is 7.64. The van der Waals surface area contributed by atoms with Gasteiger partial charge in [-0.1, -0.05) is 19.3 Å². The lowest BCUT2D eigenvalue weighted by Gasteiger charge is -2.40. The largest absolute Gasteiger partial charge is 0.370 e. The zero-order valence-electron chi connectivity index (χ0n) is 11.8. The molecule has 3 rings (SSSR count). The summed E-state index contributed by atoms with van der Waals surface area (Å²) in [5.74, 6) is -1.52. The minimum Gasteiger partial charge on any atom is -0.370 e. The summed E-state index contributed by atoms with van der Waals surface area (Å²) in [5, 5.41) is 3.71. The maximum Gasteiger partial charge on any atom is 0.160 e. The molecule has 110 valence electrons. The molecule has 2 fully saturated rings. The van der Waals surface area contributed by atoms with E-state index in [0.717, 1.165) is 31.7 Å². The van der Waals surface area contributed by atoms with Crippen molar-refractivity contribution >= 4 is 5.69 Å². The first-order valence-electron chi connectivity index (χ1n) is 7.64. The van der Waals surface area contributed by atoms with Crippen molar-refractivity contribution in [3.63, 3.8) is 0 Å². The molecule has 20 heavy (non-hydrogen) atoms. The van der Waals surface area contributed by atoms with Crippen LogP contribution in [0.15, 0.2) is 18.2 Å². The second-order valence-corrected chi connectivity index (χ2v) is 6.14. The second-order valence-electron chi connectivity index (χ2n) is 6.14. The third-order valence-corrected chi connectivity index (χ3v) is 4.68. The zero-order valence-corrected chi connectivity index (χ0v) is 11.8. The summed E-state index contributed by atoms with van der Waals surface area (Å²) in [4.78, 5) is 2.22. The molecule has 2 aliphatic rings. The van der Waals surface area contributed by atoms with E-state index in [1.54, 1.807) is 6.07 Å². The highest BCUT2D eigenvalue weighted by atomic mass is 19.2. The number of halogens is 2. The average molecular weight is 280 g/mol. The highest BCUT2D eigenvalue weighted by molar-refractivity contribution is 5.47. The fourth-order valence-electron chi connectivity index (χ4n) is 3.59. The Morgan fingerprint density at radius 2 is 1.80 bits per heavy atom. The molecule has 2 nitrogen and oxygen atoms in total. The molecular weight excluding hydrogens is 258 g/mol. The summed E-state index contributed by atoms with van der Waals surface area (Å²) in [6.07, 6.45) is 7.26. The molecule has 1 aromatic rings. The third-order valence-electron chi connectivity index (χ3n) is 4.68. The minimum atomic E-state index is -0.769.